The number of aryl methyl sites for hydroxylation is 1. The van der Waals surface area contributed by atoms with Crippen LogP contribution in [0.15, 0.2) is 45.3 Å². The molecule has 0 bridgehead atoms. The Labute approximate surface area is 127 Å². The number of rotatable bonds is 3. The van der Waals surface area contributed by atoms with Crippen LogP contribution in [0.25, 0.3) is 0 Å². The van der Waals surface area contributed by atoms with Crippen molar-refractivity contribution in [2.24, 2.45) is 0 Å². The van der Waals surface area contributed by atoms with Gasteiger partial charge in [-0.25, -0.2) is 4.79 Å². The average molecular weight is 386 g/mol. The molecule has 0 aliphatic carbocycles. The standard InChI is InChI=1S/C14H10Br2O3/c1-8-2-4-10(15)7-13(8)19-12-5-3-9(14(17)18)6-11(12)16/h2-7H,1H3,(H,17,18). The van der Waals surface area contributed by atoms with E-state index < -0.39 is 5.97 Å². The molecule has 0 aromatic heterocycles. The maximum atomic E-state index is 10.9. The SMILES string of the molecule is Cc1ccc(Br)cc1Oc1ccc(C(=O)O)cc1Br. The molecule has 19 heavy (non-hydrogen) atoms. The van der Waals surface area contributed by atoms with Crippen LogP contribution in [0.1, 0.15) is 15.9 Å². The summed E-state index contributed by atoms with van der Waals surface area (Å²) in [6.07, 6.45) is 0. The lowest BCUT2D eigenvalue weighted by Gasteiger charge is -2.11. The van der Waals surface area contributed by atoms with Crippen molar-refractivity contribution in [3.8, 4) is 11.5 Å². The summed E-state index contributed by atoms with van der Waals surface area (Å²) in [5.41, 5.74) is 1.21. The summed E-state index contributed by atoms with van der Waals surface area (Å²) in [6, 6.07) is 10.4. The molecular formula is C14H10Br2O3. The fourth-order valence-corrected chi connectivity index (χ4v) is 2.32. The lowest BCUT2D eigenvalue weighted by molar-refractivity contribution is 0.0697. The molecule has 0 saturated heterocycles. The molecule has 2 aromatic carbocycles. The van der Waals surface area contributed by atoms with Crippen molar-refractivity contribution in [2.75, 3.05) is 0 Å². The maximum Gasteiger partial charge on any atom is 0.335 e. The first-order chi connectivity index (χ1) is 8.97. The van der Waals surface area contributed by atoms with Gasteiger partial charge in [-0.3, -0.25) is 0 Å². The number of carboxylic acid groups (broad SMARTS) is 1. The van der Waals surface area contributed by atoms with E-state index in [9.17, 15) is 4.79 Å². The topological polar surface area (TPSA) is 46.5 Å². The summed E-state index contributed by atoms with van der Waals surface area (Å²) >= 11 is 6.71. The number of carboxylic acids is 1. The van der Waals surface area contributed by atoms with Crippen molar-refractivity contribution >= 4 is 37.8 Å². The van der Waals surface area contributed by atoms with Gasteiger partial charge in [0.05, 0.1) is 10.0 Å². The molecule has 5 heteroatoms. The van der Waals surface area contributed by atoms with Crippen LogP contribution in [0, 0.1) is 6.92 Å². The summed E-state index contributed by atoms with van der Waals surface area (Å²) in [6.45, 7) is 1.95. The second-order valence-corrected chi connectivity index (χ2v) is 5.73. The number of halogens is 2. The number of hydrogen-bond acceptors (Lipinski definition) is 2. The molecule has 0 saturated carbocycles. The summed E-state index contributed by atoms with van der Waals surface area (Å²) < 4.78 is 7.31. The van der Waals surface area contributed by atoms with E-state index in [-0.39, 0.29) is 5.56 Å². The monoisotopic (exact) mass is 384 g/mol. The largest absolute Gasteiger partial charge is 0.478 e. The molecule has 0 fully saturated rings. The highest BCUT2D eigenvalue weighted by atomic mass is 79.9. The van der Waals surface area contributed by atoms with Crippen molar-refractivity contribution in [3.63, 3.8) is 0 Å². The highest BCUT2D eigenvalue weighted by molar-refractivity contribution is 9.10. The second kappa shape index (κ2) is 5.75. The maximum absolute atomic E-state index is 10.9. The number of aromatic carboxylic acids is 1. The van der Waals surface area contributed by atoms with Crippen LogP contribution in [0.5, 0.6) is 11.5 Å². The number of ether oxygens (including phenoxy) is 1. The van der Waals surface area contributed by atoms with E-state index in [1.54, 1.807) is 6.07 Å². The van der Waals surface area contributed by atoms with Gasteiger partial charge in [0.15, 0.2) is 0 Å². The Morgan fingerprint density at radius 3 is 2.47 bits per heavy atom. The number of hydrogen-bond donors (Lipinski definition) is 1. The van der Waals surface area contributed by atoms with Crippen LogP contribution in [-0.4, -0.2) is 11.1 Å². The highest BCUT2D eigenvalue weighted by Crippen LogP contribution is 2.33. The predicted octanol–water partition coefficient (Wildman–Crippen LogP) is 5.01. The number of carbonyl (C=O) groups is 1. The zero-order valence-corrected chi connectivity index (χ0v) is 13.2. The molecule has 2 aromatic rings. The molecule has 0 radical (unpaired) electrons. The third kappa shape index (κ3) is 3.36. The minimum atomic E-state index is -0.967. The first kappa shape index (κ1) is 14.1. The molecule has 2 rings (SSSR count). The predicted molar refractivity (Wildman–Crippen MR) is 80.1 cm³/mol. The van der Waals surface area contributed by atoms with Gasteiger partial charge in [-0.15, -0.1) is 0 Å². The van der Waals surface area contributed by atoms with Gasteiger partial charge in [-0.1, -0.05) is 22.0 Å². The first-order valence-corrected chi connectivity index (χ1v) is 7.03. The molecule has 0 aliphatic heterocycles. The summed E-state index contributed by atoms with van der Waals surface area (Å²) in [7, 11) is 0. The fraction of sp³-hybridized carbons (Fsp3) is 0.0714. The van der Waals surface area contributed by atoms with Crippen LogP contribution in [0.4, 0.5) is 0 Å². The van der Waals surface area contributed by atoms with Gasteiger partial charge in [0.25, 0.3) is 0 Å². The van der Waals surface area contributed by atoms with Gasteiger partial charge in [0, 0.05) is 4.47 Å². The fourth-order valence-electron chi connectivity index (χ4n) is 1.52. The van der Waals surface area contributed by atoms with Gasteiger partial charge in [-0.2, -0.15) is 0 Å². The summed E-state index contributed by atoms with van der Waals surface area (Å²) in [5, 5.41) is 8.90. The first-order valence-electron chi connectivity index (χ1n) is 5.44. The average Bonchev–Trinajstić information content (AvgIpc) is 2.36. The summed E-state index contributed by atoms with van der Waals surface area (Å²) in [5.74, 6) is 0.329. The van der Waals surface area contributed by atoms with E-state index in [0.29, 0.717) is 10.2 Å². The van der Waals surface area contributed by atoms with Gasteiger partial charge in [0.2, 0.25) is 0 Å². The minimum Gasteiger partial charge on any atom is -0.478 e. The Morgan fingerprint density at radius 1 is 1.11 bits per heavy atom. The van der Waals surface area contributed by atoms with E-state index in [1.165, 1.54) is 12.1 Å². The second-order valence-electron chi connectivity index (χ2n) is 3.96. The van der Waals surface area contributed by atoms with Crippen molar-refractivity contribution < 1.29 is 14.6 Å². The molecule has 0 atom stereocenters. The molecule has 0 amide bonds. The molecule has 0 heterocycles. The van der Waals surface area contributed by atoms with Crippen molar-refractivity contribution in [3.05, 3.63) is 56.5 Å². The lowest BCUT2D eigenvalue weighted by atomic mass is 10.2. The number of benzene rings is 2. The van der Waals surface area contributed by atoms with Crippen LogP contribution < -0.4 is 4.74 Å². The summed E-state index contributed by atoms with van der Waals surface area (Å²) in [4.78, 5) is 10.9. The molecule has 0 aliphatic rings. The third-order valence-corrected chi connectivity index (χ3v) is 3.66. The Hall–Kier alpha value is -1.33. The van der Waals surface area contributed by atoms with E-state index in [2.05, 4.69) is 31.9 Å². The van der Waals surface area contributed by atoms with Crippen LogP contribution in [-0.2, 0) is 0 Å². The molecule has 98 valence electrons. The Kier molecular flexibility index (Phi) is 4.27. The third-order valence-electron chi connectivity index (χ3n) is 2.55. The van der Waals surface area contributed by atoms with E-state index in [0.717, 1.165) is 15.8 Å². The zero-order chi connectivity index (χ0) is 14.0. The molecule has 0 unspecified atom stereocenters. The van der Waals surface area contributed by atoms with Crippen molar-refractivity contribution in [2.45, 2.75) is 6.92 Å². The lowest BCUT2D eigenvalue weighted by Crippen LogP contribution is -1.96. The van der Waals surface area contributed by atoms with E-state index in [4.69, 9.17) is 9.84 Å². The van der Waals surface area contributed by atoms with Crippen LogP contribution >= 0.6 is 31.9 Å². The van der Waals surface area contributed by atoms with Crippen LogP contribution in [0.3, 0.4) is 0 Å². The Balaban J connectivity index is 2.33. The zero-order valence-electron chi connectivity index (χ0n) is 9.98. The Bertz CT molecular complexity index is 639. The smallest absolute Gasteiger partial charge is 0.335 e. The minimum absolute atomic E-state index is 0.213. The van der Waals surface area contributed by atoms with E-state index >= 15 is 0 Å². The molecule has 3 nitrogen and oxygen atoms in total. The quantitative estimate of drug-likeness (QED) is 0.807. The van der Waals surface area contributed by atoms with E-state index in [1.807, 2.05) is 25.1 Å². The Morgan fingerprint density at radius 2 is 1.84 bits per heavy atom. The molecular weight excluding hydrogens is 376 g/mol. The van der Waals surface area contributed by atoms with Gasteiger partial charge in [-0.05, 0) is 58.7 Å². The van der Waals surface area contributed by atoms with Crippen LogP contribution in [0.2, 0.25) is 0 Å². The van der Waals surface area contributed by atoms with Gasteiger partial charge in [0.1, 0.15) is 11.5 Å². The molecule has 0 spiro atoms. The normalized spacial score (nSPS) is 10.3. The molecule has 1 N–H and O–H groups in total. The van der Waals surface area contributed by atoms with Gasteiger partial charge < -0.3 is 9.84 Å². The van der Waals surface area contributed by atoms with Gasteiger partial charge >= 0.3 is 5.97 Å². The van der Waals surface area contributed by atoms with Crippen molar-refractivity contribution in [1.29, 1.82) is 0 Å². The van der Waals surface area contributed by atoms with Crippen molar-refractivity contribution in [1.82, 2.24) is 0 Å². The highest BCUT2D eigenvalue weighted by Gasteiger charge is 2.09.